The van der Waals surface area contributed by atoms with Crippen LogP contribution in [-0.2, 0) is 4.79 Å². The van der Waals surface area contributed by atoms with Crippen molar-refractivity contribution >= 4 is 11.4 Å². The molecular weight excluding hydrogens is 352 g/mol. The molecule has 0 heterocycles. The Kier molecular flexibility index (Phi) is 7.68. The molecule has 0 fully saturated rings. The van der Waals surface area contributed by atoms with Crippen molar-refractivity contribution in [2.45, 2.75) is 39.5 Å². The predicted molar refractivity (Wildman–Crippen MR) is 114 cm³/mol. The smallest absolute Gasteiger partial charge is 0.203 e. The van der Waals surface area contributed by atoms with E-state index in [1.54, 1.807) is 28.3 Å². The van der Waals surface area contributed by atoms with E-state index in [1.165, 1.54) is 16.7 Å². The summed E-state index contributed by atoms with van der Waals surface area (Å²) in [5, 5.41) is 0. The zero-order valence-corrected chi connectivity index (χ0v) is 17.7. The third kappa shape index (κ3) is 5.16. The highest BCUT2D eigenvalue weighted by molar-refractivity contribution is 5.77. The summed E-state index contributed by atoms with van der Waals surface area (Å²) in [7, 11) is 4.79. The average Bonchev–Trinajstić information content (AvgIpc) is 2.70. The molecule has 0 bridgehead atoms. The molecule has 0 aliphatic rings. The van der Waals surface area contributed by atoms with Gasteiger partial charge in [-0.3, -0.25) is 0 Å². The van der Waals surface area contributed by atoms with Gasteiger partial charge in [-0.05, 0) is 61.9 Å². The normalized spacial score (nSPS) is 12.4. The van der Waals surface area contributed by atoms with Crippen LogP contribution in [0, 0.1) is 6.92 Å². The maximum atomic E-state index is 12.0. The molecule has 2 rings (SSSR count). The number of carbonyl (C=O) groups is 1. The van der Waals surface area contributed by atoms with Crippen molar-refractivity contribution in [3.05, 3.63) is 59.2 Å². The van der Waals surface area contributed by atoms with Crippen LogP contribution in [0.2, 0.25) is 0 Å². The van der Waals surface area contributed by atoms with E-state index in [-0.39, 0.29) is 11.7 Å². The molecular formula is C24H30O4. The van der Waals surface area contributed by atoms with Crippen LogP contribution in [0.25, 0.3) is 5.57 Å². The Balaban J connectivity index is 2.45. The number of allylic oxidation sites excluding steroid dienone is 2. The van der Waals surface area contributed by atoms with Gasteiger partial charge in [-0.15, -0.1) is 0 Å². The van der Waals surface area contributed by atoms with E-state index in [9.17, 15) is 4.79 Å². The van der Waals surface area contributed by atoms with E-state index >= 15 is 0 Å². The molecule has 4 nitrogen and oxygen atoms in total. The molecule has 0 amide bonds. The minimum absolute atomic E-state index is 0.0127. The molecule has 0 saturated carbocycles. The Labute approximate surface area is 168 Å². The molecule has 0 aliphatic heterocycles. The number of benzene rings is 2. The molecule has 2 aromatic carbocycles. The van der Waals surface area contributed by atoms with Gasteiger partial charge in [0.25, 0.3) is 0 Å². The molecule has 0 N–H and O–H groups in total. The lowest BCUT2D eigenvalue weighted by atomic mass is 9.85. The molecule has 0 spiro atoms. The lowest BCUT2D eigenvalue weighted by molar-refractivity contribution is -0.117. The average molecular weight is 383 g/mol. The van der Waals surface area contributed by atoms with Gasteiger partial charge in [0.1, 0.15) is 5.78 Å². The van der Waals surface area contributed by atoms with Crippen molar-refractivity contribution in [2.24, 2.45) is 0 Å². The van der Waals surface area contributed by atoms with Crippen molar-refractivity contribution in [1.82, 2.24) is 0 Å². The van der Waals surface area contributed by atoms with Crippen LogP contribution in [0.15, 0.2) is 42.5 Å². The van der Waals surface area contributed by atoms with Gasteiger partial charge >= 0.3 is 0 Å². The van der Waals surface area contributed by atoms with Crippen LogP contribution < -0.4 is 14.2 Å². The highest BCUT2D eigenvalue weighted by atomic mass is 16.5. The Morgan fingerprint density at radius 2 is 1.54 bits per heavy atom. The zero-order chi connectivity index (χ0) is 20.7. The SMILES string of the molecule is C/C=C(\CC(CC(C)=O)c1cc(OC)c(OC)c(OC)c1)c1ccc(C)cc1. The second-order valence-electron chi connectivity index (χ2n) is 6.95. The monoisotopic (exact) mass is 382 g/mol. The quantitative estimate of drug-likeness (QED) is 0.568. The Bertz CT molecular complexity index is 809. The Hall–Kier alpha value is -2.75. The van der Waals surface area contributed by atoms with Crippen molar-refractivity contribution in [3.63, 3.8) is 0 Å². The molecule has 1 unspecified atom stereocenters. The first-order valence-corrected chi connectivity index (χ1v) is 9.45. The van der Waals surface area contributed by atoms with Crippen molar-refractivity contribution in [1.29, 1.82) is 0 Å². The summed E-state index contributed by atoms with van der Waals surface area (Å²) in [4.78, 5) is 12.0. The van der Waals surface area contributed by atoms with Crippen LogP contribution in [0.1, 0.15) is 49.3 Å². The van der Waals surface area contributed by atoms with Crippen LogP contribution in [-0.4, -0.2) is 27.1 Å². The number of carbonyl (C=O) groups excluding carboxylic acids is 1. The first-order chi connectivity index (χ1) is 13.4. The van der Waals surface area contributed by atoms with Crippen molar-refractivity contribution in [3.8, 4) is 17.2 Å². The number of methoxy groups -OCH3 is 3. The van der Waals surface area contributed by atoms with Gasteiger partial charge in [0.15, 0.2) is 11.5 Å². The number of hydrogen-bond donors (Lipinski definition) is 0. The summed E-state index contributed by atoms with van der Waals surface area (Å²) in [6.07, 6.45) is 3.31. The zero-order valence-electron chi connectivity index (χ0n) is 17.7. The lowest BCUT2D eigenvalue weighted by Gasteiger charge is -2.21. The van der Waals surface area contributed by atoms with E-state index in [2.05, 4.69) is 37.3 Å². The molecule has 150 valence electrons. The molecule has 0 aromatic heterocycles. The minimum Gasteiger partial charge on any atom is -0.493 e. The number of ether oxygens (including phenoxy) is 3. The molecule has 2 aromatic rings. The van der Waals surface area contributed by atoms with Gasteiger partial charge in [0.05, 0.1) is 21.3 Å². The van der Waals surface area contributed by atoms with Gasteiger partial charge in [0.2, 0.25) is 5.75 Å². The number of hydrogen-bond acceptors (Lipinski definition) is 4. The van der Waals surface area contributed by atoms with Gasteiger partial charge in [-0.25, -0.2) is 0 Å². The maximum Gasteiger partial charge on any atom is 0.203 e. The van der Waals surface area contributed by atoms with E-state index < -0.39 is 0 Å². The number of aryl methyl sites for hydroxylation is 1. The van der Waals surface area contributed by atoms with E-state index in [1.807, 2.05) is 19.1 Å². The molecule has 0 saturated heterocycles. The lowest BCUT2D eigenvalue weighted by Crippen LogP contribution is -2.07. The first-order valence-electron chi connectivity index (χ1n) is 9.45. The van der Waals surface area contributed by atoms with Crippen molar-refractivity contribution in [2.75, 3.05) is 21.3 Å². The fourth-order valence-corrected chi connectivity index (χ4v) is 3.43. The fraction of sp³-hybridized carbons (Fsp3) is 0.375. The summed E-state index contributed by atoms with van der Waals surface area (Å²) in [6, 6.07) is 12.4. The summed E-state index contributed by atoms with van der Waals surface area (Å²) in [6.45, 7) is 5.75. The van der Waals surface area contributed by atoms with Crippen LogP contribution in [0.3, 0.4) is 0 Å². The molecule has 4 heteroatoms. The third-order valence-electron chi connectivity index (χ3n) is 4.93. The standard InChI is InChI=1S/C24H30O4/c1-7-18(19-10-8-16(2)9-11-19)13-20(12-17(3)25)21-14-22(26-4)24(28-6)23(15-21)27-5/h7-11,14-15,20H,12-13H2,1-6H3/b18-7+. The largest absolute Gasteiger partial charge is 0.493 e. The molecule has 28 heavy (non-hydrogen) atoms. The van der Waals surface area contributed by atoms with E-state index in [4.69, 9.17) is 14.2 Å². The van der Waals surface area contributed by atoms with Crippen LogP contribution in [0.5, 0.6) is 17.2 Å². The summed E-state index contributed by atoms with van der Waals surface area (Å²) >= 11 is 0. The van der Waals surface area contributed by atoms with Crippen molar-refractivity contribution < 1.29 is 19.0 Å². The summed E-state index contributed by atoms with van der Waals surface area (Å²) in [5.74, 6) is 1.92. The first kappa shape index (κ1) is 21.5. The summed E-state index contributed by atoms with van der Waals surface area (Å²) in [5.41, 5.74) is 4.61. The molecule has 1 atom stereocenters. The van der Waals surface area contributed by atoms with Gasteiger partial charge in [-0.1, -0.05) is 35.9 Å². The maximum absolute atomic E-state index is 12.0. The fourth-order valence-electron chi connectivity index (χ4n) is 3.43. The van der Waals surface area contributed by atoms with Gasteiger partial charge in [-0.2, -0.15) is 0 Å². The number of rotatable bonds is 9. The van der Waals surface area contributed by atoms with Crippen LogP contribution in [0.4, 0.5) is 0 Å². The minimum atomic E-state index is 0.0127. The molecule has 0 aliphatic carbocycles. The summed E-state index contributed by atoms with van der Waals surface area (Å²) < 4.78 is 16.4. The van der Waals surface area contributed by atoms with E-state index in [0.29, 0.717) is 23.7 Å². The highest BCUT2D eigenvalue weighted by Crippen LogP contribution is 2.42. The third-order valence-corrected chi connectivity index (χ3v) is 4.93. The Morgan fingerprint density at radius 1 is 0.964 bits per heavy atom. The van der Waals surface area contributed by atoms with Gasteiger partial charge in [0, 0.05) is 6.42 Å². The van der Waals surface area contributed by atoms with Crippen LogP contribution >= 0.6 is 0 Å². The van der Waals surface area contributed by atoms with Gasteiger partial charge < -0.3 is 19.0 Å². The number of Topliss-reactive ketones (excluding diaryl/α,β-unsaturated/α-hetero) is 1. The second kappa shape index (κ2) is 9.98. The van der Waals surface area contributed by atoms with E-state index in [0.717, 1.165) is 12.0 Å². The topological polar surface area (TPSA) is 44.8 Å². The highest BCUT2D eigenvalue weighted by Gasteiger charge is 2.21. The Morgan fingerprint density at radius 3 is 1.96 bits per heavy atom. The molecule has 0 radical (unpaired) electrons. The number of ketones is 1. The predicted octanol–water partition coefficient (Wildman–Crippen LogP) is 5.58. The second-order valence-corrected chi connectivity index (χ2v) is 6.95.